The van der Waals surface area contributed by atoms with Crippen LogP contribution in [0.4, 0.5) is 5.69 Å². The molecule has 3 rings (SSSR count). The van der Waals surface area contributed by atoms with Gasteiger partial charge in [-0.2, -0.15) is 10.4 Å². The van der Waals surface area contributed by atoms with E-state index in [0.29, 0.717) is 17.8 Å². The molecule has 0 saturated heterocycles. The molecule has 3 aromatic rings. The number of rotatable bonds is 4. The summed E-state index contributed by atoms with van der Waals surface area (Å²) in [6.07, 6.45) is 4.74. The fourth-order valence-electron chi connectivity index (χ4n) is 2.08. The zero-order valence-electron chi connectivity index (χ0n) is 12.2. The second-order valence-electron chi connectivity index (χ2n) is 4.91. The summed E-state index contributed by atoms with van der Waals surface area (Å²) in [6, 6.07) is 14.9. The highest BCUT2D eigenvalue weighted by Gasteiger charge is 2.08. The summed E-state index contributed by atoms with van der Waals surface area (Å²) in [5.41, 5.74) is 2.40. The summed E-state index contributed by atoms with van der Waals surface area (Å²) in [7, 11) is 0. The predicted molar refractivity (Wildman–Crippen MR) is 84.7 cm³/mol. The maximum absolute atomic E-state index is 12.1. The summed E-state index contributed by atoms with van der Waals surface area (Å²) in [4.78, 5) is 16.0. The van der Waals surface area contributed by atoms with Crippen molar-refractivity contribution in [2.45, 2.75) is 6.54 Å². The van der Waals surface area contributed by atoms with Gasteiger partial charge in [0.05, 0.1) is 24.0 Å². The van der Waals surface area contributed by atoms with E-state index in [2.05, 4.69) is 15.4 Å². The smallest absolute Gasteiger partial charge is 0.257 e. The number of amides is 1. The Morgan fingerprint density at radius 3 is 2.70 bits per heavy atom. The van der Waals surface area contributed by atoms with E-state index in [1.165, 1.54) is 12.3 Å². The summed E-state index contributed by atoms with van der Waals surface area (Å²) in [5, 5.41) is 15.7. The SMILES string of the molecule is N#Cc1ccc(C(=O)Nc2cnn(Cc3ccccc3)c2)cn1. The maximum atomic E-state index is 12.1. The molecule has 2 heterocycles. The summed E-state index contributed by atoms with van der Waals surface area (Å²) in [5.74, 6) is -0.291. The monoisotopic (exact) mass is 303 g/mol. The zero-order valence-corrected chi connectivity index (χ0v) is 12.2. The van der Waals surface area contributed by atoms with Crippen LogP contribution < -0.4 is 5.32 Å². The van der Waals surface area contributed by atoms with Gasteiger partial charge in [0.15, 0.2) is 0 Å². The van der Waals surface area contributed by atoms with Crippen molar-refractivity contribution in [3.63, 3.8) is 0 Å². The number of pyridine rings is 1. The lowest BCUT2D eigenvalue weighted by Gasteiger charge is -2.02. The van der Waals surface area contributed by atoms with Crippen molar-refractivity contribution in [3.8, 4) is 6.07 Å². The average molecular weight is 303 g/mol. The van der Waals surface area contributed by atoms with Crippen LogP contribution >= 0.6 is 0 Å². The molecule has 0 aliphatic rings. The third-order valence-corrected chi connectivity index (χ3v) is 3.22. The van der Waals surface area contributed by atoms with Gasteiger partial charge in [-0.15, -0.1) is 0 Å². The Morgan fingerprint density at radius 1 is 1.17 bits per heavy atom. The Kier molecular flexibility index (Phi) is 4.11. The summed E-state index contributed by atoms with van der Waals surface area (Å²) < 4.78 is 1.75. The second kappa shape index (κ2) is 6.54. The van der Waals surface area contributed by atoms with E-state index < -0.39 is 0 Å². The quantitative estimate of drug-likeness (QED) is 0.802. The molecule has 0 fully saturated rings. The van der Waals surface area contributed by atoms with Gasteiger partial charge in [0.1, 0.15) is 11.8 Å². The molecule has 1 amide bonds. The fourth-order valence-corrected chi connectivity index (χ4v) is 2.08. The van der Waals surface area contributed by atoms with Crippen molar-refractivity contribution in [2.75, 3.05) is 5.32 Å². The number of nitrogens with one attached hydrogen (secondary N) is 1. The van der Waals surface area contributed by atoms with Gasteiger partial charge in [-0.05, 0) is 17.7 Å². The van der Waals surface area contributed by atoms with E-state index in [4.69, 9.17) is 5.26 Å². The van der Waals surface area contributed by atoms with Gasteiger partial charge >= 0.3 is 0 Å². The van der Waals surface area contributed by atoms with Crippen molar-refractivity contribution in [2.24, 2.45) is 0 Å². The van der Waals surface area contributed by atoms with Crippen molar-refractivity contribution >= 4 is 11.6 Å². The van der Waals surface area contributed by atoms with Gasteiger partial charge in [0, 0.05) is 12.4 Å². The molecule has 0 aliphatic carbocycles. The number of carbonyl (C=O) groups excluding carboxylic acids is 1. The number of anilines is 1. The van der Waals surface area contributed by atoms with E-state index >= 15 is 0 Å². The van der Waals surface area contributed by atoms with Crippen LogP contribution in [0.25, 0.3) is 0 Å². The fraction of sp³-hybridized carbons (Fsp3) is 0.0588. The first-order valence-corrected chi connectivity index (χ1v) is 6.98. The van der Waals surface area contributed by atoms with Crippen LogP contribution in [0.5, 0.6) is 0 Å². The van der Waals surface area contributed by atoms with Crippen LogP contribution in [0.1, 0.15) is 21.6 Å². The molecule has 6 nitrogen and oxygen atoms in total. The van der Waals surface area contributed by atoms with Gasteiger partial charge < -0.3 is 5.32 Å². The first kappa shape index (κ1) is 14.5. The number of nitrogens with zero attached hydrogens (tertiary/aromatic N) is 4. The number of hydrogen-bond acceptors (Lipinski definition) is 4. The lowest BCUT2D eigenvalue weighted by atomic mass is 10.2. The molecule has 23 heavy (non-hydrogen) atoms. The van der Waals surface area contributed by atoms with Gasteiger partial charge in [-0.1, -0.05) is 30.3 Å². The van der Waals surface area contributed by atoms with E-state index in [9.17, 15) is 4.79 Å². The highest BCUT2D eigenvalue weighted by molar-refractivity contribution is 6.03. The van der Waals surface area contributed by atoms with Crippen LogP contribution in [-0.2, 0) is 6.54 Å². The van der Waals surface area contributed by atoms with Crippen molar-refractivity contribution in [3.05, 3.63) is 77.9 Å². The lowest BCUT2D eigenvalue weighted by molar-refractivity contribution is 0.102. The number of benzene rings is 1. The van der Waals surface area contributed by atoms with E-state index in [1.54, 1.807) is 23.1 Å². The molecule has 0 aliphatic heterocycles. The van der Waals surface area contributed by atoms with Gasteiger partial charge in [0.2, 0.25) is 0 Å². The number of nitriles is 1. The maximum Gasteiger partial charge on any atom is 0.257 e. The van der Waals surface area contributed by atoms with Crippen LogP contribution in [0.2, 0.25) is 0 Å². The molecule has 0 spiro atoms. The molecule has 0 unspecified atom stereocenters. The third kappa shape index (κ3) is 3.60. The highest BCUT2D eigenvalue weighted by atomic mass is 16.1. The first-order chi connectivity index (χ1) is 11.2. The van der Waals surface area contributed by atoms with Gasteiger partial charge in [-0.3, -0.25) is 9.48 Å². The molecule has 6 heteroatoms. The Labute approximate surface area is 133 Å². The topological polar surface area (TPSA) is 83.6 Å². The Morgan fingerprint density at radius 2 is 2.00 bits per heavy atom. The third-order valence-electron chi connectivity index (χ3n) is 3.22. The van der Waals surface area contributed by atoms with E-state index in [1.807, 2.05) is 36.4 Å². The molecule has 0 radical (unpaired) electrons. The van der Waals surface area contributed by atoms with E-state index in [-0.39, 0.29) is 11.6 Å². The predicted octanol–water partition coefficient (Wildman–Crippen LogP) is 2.45. The minimum Gasteiger partial charge on any atom is -0.319 e. The molecule has 1 N–H and O–H groups in total. The summed E-state index contributed by atoms with van der Waals surface area (Å²) in [6.45, 7) is 0.634. The second-order valence-corrected chi connectivity index (χ2v) is 4.91. The first-order valence-electron chi connectivity index (χ1n) is 6.98. The minimum absolute atomic E-state index is 0.275. The number of hydrogen-bond donors (Lipinski definition) is 1. The van der Waals surface area contributed by atoms with Crippen molar-refractivity contribution < 1.29 is 4.79 Å². The molecule has 2 aromatic heterocycles. The van der Waals surface area contributed by atoms with Gasteiger partial charge in [-0.25, -0.2) is 4.98 Å². The highest BCUT2D eigenvalue weighted by Crippen LogP contribution is 2.10. The standard InChI is InChI=1S/C17H13N5O/c18-8-15-7-6-14(9-19-15)17(23)21-16-10-20-22(12-16)11-13-4-2-1-3-5-13/h1-7,9-10,12H,11H2,(H,21,23). The molecular formula is C17H13N5O. The Balaban J connectivity index is 1.66. The number of aromatic nitrogens is 3. The minimum atomic E-state index is -0.291. The van der Waals surface area contributed by atoms with Crippen LogP contribution in [0, 0.1) is 11.3 Å². The summed E-state index contributed by atoms with van der Waals surface area (Å²) >= 11 is 0. The largest absolute Gasteiger partial charge is 0.319 e. The molecule has 1 aromatic carbocycles. The van der Waals surface area contributed by atoms with Crippen LogP contribution in [0.15, 0.2) is 61.1 Å². The molecule has 0 saturated carbocycles. The Bertz CT molecular complexity index is 847. The molecule has 0 atom stereocenters. The van der Waals surface area contributed by atoms with Crippen LogP contribution in [0.3, 0.4) is 0 Å². The normalized spacial score (nSPS) is 10.0. The Hall–Kier alpha value is -3.46. The van der Waals surface area contributed by atoms with Gasteiger partial charge in [0.25, 0.3) is 5.91 Å². The van der Waals surface area contributed by atoms with E-state index in [0.717, 1.165) is 5.56 Å². The molecular weight excluding hydrogens is 290 g/mol. The lowest BCUT2D eigenvalue weighted by Crippen LogP contribution is -2.11. The average Bonchev–Trinajstić information content (AvgIpc) is 3.02. The molecule has 0 bridgehead atoms. The van der Waals surface area contributed by atoms with Crippen LogP contribution in [-0.4, -0.2) is 20.7 Å². The molecule has 112 valence electrons. The van der Waals surface area contributed by atoms with Crippen molar-refractivity contribution in [1.29, 1.82) is 5.26 Å². The zero-order chi connectivity index (χ0) is 16.1. The van der Waals surface area contributed by atoms with Crippen molar-refractivity contribution in [1.82, 2.24) is 14.8 Å². The number of carbonyl (C=O) groups is 1.